The standard InChI is InChI=1S/C16H15F3N2O/c1-10(11-5-6-14(18)15(19)7-11)20-9-16(22)21-13-4-2-3-12(17)8-13/h2-8,10,20H,9H2,1H3,(H,21,22)/t10-/m0/s1. The van der Waals surface area contributed by atoms with Gasteiger partial charge in [0.05, 0.1) is 6.54 Å². The Morgan fingerprint density at radius 3 is 2.55 bits per heavy atom. The van der Waals surface area contributed by atoms with Crippen molar-refractivity contribution in [1.29, 1.82) is 0 Å². The Labute approximate surface area is 126 Å². The van der Waals surface area contributed by atoms with E-state index in [4.69, 9.17) is 0 Å². The molecule has 0 unspecified atom stereocenters. The lowest BCUT2D eigenvalue weighted by molar-refractivity contribution is -0.115. The van der Waals surface area contributed by atoms with Crippen LogP contribution in [0.1, 0.15) is 18.5 Å². The summed E-state index contributed by atoms with van der Waals surface area (Å²) in [5.41, 5.74) is 0.879. The molecule has 1 amide bonds. The van der Waals surface area contributed by atoms with Crippen LogP contribution in [0.5, 0.6) is 0 Å². The van der Waals surface area contributed by atoms with E-state index in [2.05, 4.69) is 10.6 Å². The molecule has 2 rings (SSSR count). The van der Waals surface area contributed by atoms with Gasteiger partial charge in [0.2, 0.25) is 5.91 Å². The Hall–Kier alpha value is -2.34. The summed E-state index contributed by atoms with van der Waals surface area (Å²) in [6.07, 6.45) is 0. The predicted octanol–water partition coefficient (Wildman–Crippen LogP) is 3.39. The van der Waals surface area contributed by atoms with E-state index in [1.54, 1.807) is 13.0 Å². The molecule has 0 bridgehead atoms. The molecule has 0 heterocycles. The van der Waals surface area contributed by atoms with Gasteiger partial charge in [0, 0.05) is 11.7 Å². The van der Waals surface area contributed by atoms with Gasteiger partial charge in [-0.1, -0.05) is 12.1 Å². The van der Waals surface area contributed by atoms with Gasteiger partial charge in [-0.3, -0.25) is 4.79 Å². The number of benzene rings is 2. The van der Waals surface area contributed by atoms with Crippen LogP contribution in [-0.2, 0) is 4.79 Å². The first kappa shape index (κ1) is 16.0. The molecule has 0 saturated heterocycles. The smallest absolute Gasteiger partial charge is 0.238 e. The van der Waals surface area contributed by atoms with Gasteiger partial charge >= 0.3 is 0 Å². The van der Waals surface area contributed by atoms with E-state index >= 15 is 0 Å². The minimum atomic E-state index is -0.935. The highest BCUT2D eigenvalue weighted by atomic mass is 19.2. The predicted molar refractivity (Wildman–Crippen MR) is 77.8 cm³/mol. The van der Waals surface area contributed by atoms with Crippen LogP contribution in [-0.4, -0.2) is 12.5 Å². The molecule has 6 heteroatoms. The van der Waals surface area contributed by atoms with E-state index in [-0.39, 0.29) is 18.5 Å². The van der Waals surface area contributed by atoms with Gasteiger partial charge in [0.25, 0.3) is 0 Å². The third-order valence-corrected chi connectivity index (χ3v) is 3.12. The van der Waals surface area contributed by atoms with Gasteiger partial charge in [-0.2, -0.15) is 0 Å². The monoisotopic (exact) mass is 308 g/mol. The molecule has 0 aliphatic rings. The fourth-order valence-electron chi connectivity index (χ4n) is 1.92. The van der Waals surface area contributed by atoms with Gasteiger partial charge in [0.1, 0.15) is 5.82 Å². The van der Waals surface area contributed by atoms with Crippen molar-refractivity contribution in [2.24, 2.45) is 0 Å². The number of carbonyl (C=O) groups is 1. The van der Waals surface area contributed by atoms with Crippen LogP contribution in [0.3, 0.4) is 0 Å². The van der Waals surface area contributed by atoms with Crippen LogP contribution in [0.15, 0.2) is 42.5 Å². The molecule has 0 fully saturated rings. The fourth-order valence-corrected chi connectivity index (χ4v) is 1.92. The Kier molecular flexibility index (Phi) is 5.16. The van der Waals surface area contributed by atoms with Crippen molar-refractivity contribution in [3.8, 4) is 0 Å². The molecule has 3 nitrogen and oxygen atoms in total. The van der Waals surface area contributed by atoms with Crippen molar-refractivity contribution < 1.29 is 18.0 Å². The van der Waals surface area contributed by atoms with Crippen molar-refractivity contribution in [3.63, 3.8) is 0 Å². The summed E-state index contributed by atoms with van der Waals surface area (Å²) in [5.74, 6) is -2.66. The van der Waals surface area contributed by atoms with E-state index in [1.807, 2.05) is 0 Å². The zero-order chi connectivity index (χ0) is 16.1. The van der Waals surface area contributed by atoms with Gasteiger partial charge in [-0.05, 0) is 42.8 Å². The average Bonchev–Trinajstić information content (AvgIpc) is 2.47. The van der Waals surface area contributed by atoms with E-state index < -0.39 is 17.5 Å². The van der Waals surface area contributed by atoms with Crippen molar-refractivity contribution in [2.45, 2.75) is 13.0 Å². The van der Waals surface area contributed by atoms with E-state index in [9.17, 15) is 18.0 Å². The van der Waals surface area contributed by atoms with Gasteiger partial charge in [-0.25, -0.2) is 13.2 Å². The second-order valence-corrected chi connectivity index (χ2v) is 4.83. The molecule has 0 aliphatic heterocycles. The molecular weight excluding hydrogens is 293 g/mol. The SMILES string of the molecule is C[C@H](NCC(=O)Nc1cccc(F)c1)c1ccc(F)c(F)c1. The maximum atomic E-state index is 13.1. The minimum Gasteiger partial charge on any atom is -0.325 e. The Balaban J connectivity index is 1.88. The van der Waals surface area contributed by atoms with Crippen molar-refractivity contribution in [2.75, 3.05) is 11.9 Å². The van der Waals surface area contributed by atoms with E-state index in [0.29, 0.717) is 11.3 Å². The molecule has 0 spiro atoms. The summed E-state index contributed by atoms with van der Waals surface area (Å²) in [7, 11) is 0. The highest BCUT2D eigenvalue weighted by molar-refractivity contribution is 5.92. The molecule has 2 aromatic carbocycles. The molecular formula is C16H15F3N2O. The summed E-state index contributed by atoms with van der Waals surface area (Å²) in [6.45, 7) is 1.68. The van der Waals surface area contributed by atoms with Crippen LogP contribution in [0.25, 0.3) is 0 Å². The third-order valence-electron chi connectivity index (χ3n) is 3.12. The zero-order valence-corrected chi connectivity index (χ0v) is 11.9. The Bertz CT molecular complexity index is 676. The number of anilines is 1. The number of rotatable bonds is 5. The lowest BCUT2D eigenvalue weighted by Gasteiger charge is -2.14. The van der Waals surface area contributed by atoms with Gasteiger partial charge in [-0.15, -0.1) is 0 Å². The lowest BCUT2D eigenvalue weighted by Crippen LogP contribution is -2.30. The molecule has 1 atom stereocenters. The summed E-state index contributed by atoms with van der Waals surface area (Å²) in [4.78, 5) is 11.8. The first-order valence-corrected chi connectivity index (χ1v) is 6.69. The number of hydrogen-bond donors (Lipinski definition) is 2. The Morgan fingerprint density at radius 2 is 1.86 bits per heavy atom. The van der Waals surface area contributed by atoms with E-state index in [1.165, 1.54) is 24.3 Å². The highest BCUT2D eigenvalue weighted by Gasteiger charge is 2.11. The van der Waals surface area contributed by atoms with Gasteiger partial charge in [0.15, 0.2) is 11.6 Å². The highest BCUT2D eigenvalue weighted by Crippen LogP contribution is 2.15. The lowest BCUT2D eigenvalue weighted by atomic mass is 10.1. The third kappa shape index (κ3) is 4.33. The van der Waals surface area contributed by atoms with Crippen LogP contribution in [0.4, 0.5) is 18.9 Å². The molecule has 116 valence electrons. The van der Waals surface area contributed by atoms with Gasteiger partial charge < -0.3 is 10.6 Å². The molecule has 22 heavy (non-hydrogen) atoms. The first-order chi connectivity index (χ1) is 10.5. The minimum absolute atomic E-state index is 0.0450. The number of nitrogens with one attached hydrogen (secondary N) is 2. The van der Waals surface area contributed by atoms with Crippen LogP contribution < -0.4 is 10.6 Å². The summed E-state index contributed by atoms with van der Waals surface area (Å²) < 4.78 is 39.0. The van der Waals surface area contributed by atoms with Crippen LogP contribution in [0, 0.1) is 17.5 Å². The molecule has 2 aromatic rings. The second-order valence-electron chi connectivity index (χ2n) is 4.83. The average molecular weight is 308 g/mol. The molecule has 0 saturated carbocycles. The number of hydrogen-bond acceptors (Lipinski definition) is 2. The molecule has 2 N–H and O–H groups in total. The maximum Gasteiger partial charge on any atom is 0.238 e. The van der Waals surface area contributed by atoms with Crippen molar-refractivity contribution >= 4 is 11.6 Å². The number of amides is 1. The number of halogens is 3. The topological polar surface area (TPSA) is 41.1 Å². The van der Waals surface area contributed by atoms with Crippen molar-refractivity contribution in [3.05, 3.63) is 65.5 Å². The fraction of sp³-hybridized carbons (Fsp3) is 0.188. The first-order valence-electron chi connectivity index (χ1n) is 6.69. The van der Waals surface area contributed by atoms with Crippen molar-refractivity contribution in [1.82, 2.24) is 5.32 Å². The summed E-state index contributed by atoms with van der Waals surface area (Å²) in [6, 6.07) is 8.76. The zero-order valence-electron chi connectivity index (χ0n) is 11.9. The number of carbonyl (C=O) groups excluding carboxylic acids is 1. The maximum absolute atomic E-state index is 13.1. The van der Waals surface area contributed by atoms with Crippen LogP contribution in [0.2, 0.25) is 0 Å². The second kappa shape index (κ2) is 7.09. The van der Waals surface area contributed by atoms with Crippen LogP contribution >= 0.6 is 0 Å². The molecule has 0 radical (unpaired) electrons. The largest absolute Gasteiger partial charge is 0.325 e. The Morgan fingerprint density at radius 1 is 1.09 bits per heavy atom. The molecule has 0 aromatic heterocycles. The molecule has 0 aliphatic carbocycles. The van der Waals surface area contributed by atoms with E-state index in [0.717, 1.165) is 12.1 Å². The summed E-state index contributed by atoms with van der Waals surface area (Å²) >= 11 is 0. The summed E-state index contributed by atoms with van der Waals surface area (Å²) in [5, 5.41) is 5.42. The quantitative estimate of drug-likeness (QED) is 0.889. The normalized spacial score (nSPS) is 12.0.